The van der Waals surface area contributed by atoms with Crippen LogP contribution in [0.15, 0.2) is 45.4 Å². The molecule has 2 aliphatic rings. The highest BCUT2D eigenvalue weighted by atomic mass is 32.2. The third-order valence-corrected chi connectivity index (χ3v) is 7.57. The first-order chi connectivity index (χ1) is 16.4. The topological polar surface area (TPSA) is 139 Å². The quantitative estimate of drug-likeness (QED) is 0.579. The average Bonchev–Trinajstić information content (AvgIpc) is 2.86. The smallest absolute Gasteiger partial charge is 0.261 e. The molecule has 3 N–H and O–H groups in total. The molecule has 1 amide bonds. The van der Waals surface area contributed by atoms with Crippen LogP contribution in [-0.4, -0.2) is 47.9 Å². The Morgan fingerprint density at radius 1 is 1.26 bits per heavy atom. The Morgan fingerprint density at radius 3 is 2.79 bits per heavy atom. The number of fused-ring (bicyclic) bond motifs is 1. The fourth-order valence-corrected chi connectivity index (χ4v) is 5.31. The summed E-state index contributed by atoms with van der Waals surface area (Å²) in [4.78, 5) is 29.8. The molecule has 1 atom stereocenters. The number of pyridine rings is 1. The second kappa shape index (κ2) is 10.2. The van der Waals surface area contributed by atoms with Gasteiger partial charge < -0.3 is 19.9 Å². The number of rotatable bonds is 6. The molecule has 1 aromatic heterocycles. The lowest BCUT2D eigenvalue weighted by Gasteiger charge is -2.29. The van der Waals surface area contributed by atoms with Crippen LogP contribution in [0.25, 0.3) is 0 Å². The molecule has 1 saturated heterocycles. The Kier molecular flexibility index (Phi) is 7.14. The predicted molar refractivity (Wildman–Crippen MR) is 128 cm³/mol. The van der Waals surface area contributed by atoms with Crippen molar-refractivity contribution in [3.8, 4) is 6.07 Å². The Bertz CT molecular complexity index is 1320. The molecule has 0 radical (unpaired) electrons. The van der Waals surface area contributed by atoms with Gasteiger partial charge in [0, 0.05) is 30.7 Å². The second-order valence-corrected chi connectivity index (χ2v) is 10.2. The summed E-state index contributed by atoms with van der Waals surface area (Å²) in [6.45, 7) is 2.50. The van der Waals surface area contributed by atoms with E-state index in [9.17, 15) is 19.1 Å². The highest BCUT2D eigenvalue weighted by Crippen LogP contribution is 2.25. The Balaban J connectivity index is 1.42. The summed E-state index contributed by atoms with van der Waals surface area (Å²) in [6.07, 6.45) is 5.14. The number of aromatic amines is 1. The van der Waals surface area contributed by atoms with Gasteiger partial charge in [-0.3, -0.25) is 9.59 Å². The molecule has 4 rings (SSSR count). The number of aryl methyl sites for hydroxylation is 2. The first kappa shape index (κ1) is 23.7. The van der Waals surface area contributed by atoms with Gasteiger partial charge in [-0.05, 0) is 55.5 Å². The van der Waals surface area contributed by atoms with Crippen molar-refractivity contribution in [2.75, 3.05) is 37.7 Å². The number of morpholine rings is 1. The maximum atomic E-state index is 12.9. The van der Waals surface area contributed by atoms with E-state index in [-0.39, 0.29) is 17.0 Å². The number of carbonyl (C=O) groups is 1. The number of nitrogens with zero attached hydrogens (tertiary/aromatic N) is 2. The molecule has 0 bridgehead atoms. The number of aromatic nitrogens is 1. The number of hydrogen-bond donors (Lipinski definition) is 3. The monoisotopic (exact) mass is 481 g/mol. The highest BCUT2D eigenvalue weighted by molar-refractivity contribution is 7.95. The van der Waals surface area contributed by atoms with Gasteiger partial charge in [0.2, 0.25) is 0 Å². The molecule has 1 aliphatic carbocycles. The Morgan fingerprint density at radius 2 is 2.03 bits per heavy atom. The number of hydrogen-bond acceptors (Lipinski definition) is 7. The molecule has 0 spiro atoms. The SMILES string of the molecule is N#Cc1cc(S(=N)(=O)/C=C/CNC(=O)c2cc3c([nH]c2=O)CCCC3)ccc1N1CCOCC1. The first-order valence-electron chi connectivity index (χ1n) is 11.2. The van der Waals surface area contributed by atoms with Crippen molar-refractivity contribution in [3.05, 3.63) is 68.5 Å². The molecule has 34 heavy (non-hydrogen) atoms. The number of H-pyrrole nitrogens is 1. The number of carbonyl (C=O) groups excluding carboxylic acids is 1. The van der Waals surface area contributed by atoms with E-state index in [1.165, 1.54) is 17.6 Å². The van der Waals surface area contributed by atoms with E-state index in [1.807, 2.05) is 4.90 Å². The summed E-state index contributed by atoms with van der Waals surface area (Å²) < 4.78 is 26.6. The summed E-state index contributed by atoms with van der Waals surface area (Å²) in [5.41, 5.74) is 2.62. The maximum absolute atomic E-state index is 12.9. The van der Waals surface area contributed by atoms with Gasteiger partial charge in [-0.25, -0.2) is 8.99 Å². The van der Waals surface area contributed by atoms with Crippen molar-refractivity contribution in [2.24, 2.45) is 0 Å². The van der Waals surface area contributed by atoms with Crippen molar-refractivity contribution < 1.29 is 13.7 Å². The lowest BCUT2D eigenvalue weighted by molar-refractivity contribution is 0.0956. The van der Waals surface area contributed by atoms with Crippen LogP contribution < -0.4 is 15.8 Å². The minimum Gasteiger partial charge on any atom is -0.378 e. The van der Waals surface area contributed by atoms with Crippen molar-refractivity contribution in [1.82, 2.24) is 10.3 Å². The molecule has 1 fully saturated rings. The van der Waals surface area contributed by atoms with Crippen LogP contribution in [0.1, 0.15) is 40.0 Å². The third-order valence-electron chi connectivity index (χ3n) is 6.04. The molecular weight excluding hydrogens is 454 g/mol. The Hall–Kier alpha value is -3.42. The predicted octanol–water partition coefficient (Wildman–Crippen LogP) is 2.31. The minimum absolute atomic E-state index is 0.0161. The van der Waals surface area contributed by atoms with Gasteiger partial charge in [0.05, 0.1) is 39.1 Å². The van der Waals surface area contributed by atoms with Gasteiger partial charge in [-0.1, -0.05) is 6.08 Å². The van der Waals surface area contributed by atoms with E-state index in [4.69, 9.17) is 9.52 Å². The second-order valence-electron chi connectivity index (χ2n) is 8.30. The van der Waals surface area contributed by atoms with Gasteiger partial charge >= 0.3 is 0 Å². The number of amides is 1. The summed E-state index contributed by atoms with van der Waals surface area (Å²) >= 11 is 0. The lowest BCUT2D eigenvalue weighted by atomic mass is 9.95. The van der Waals surface area contributed by atoms with E-state index in [0.29, 0.717) is 31.9 Å². The van der Waals surface area contributed by atoms with Crippen molar-refractivity contribution in [2.45, 2.75) is 30.6 Å². The molecule has 1 aliphatic heterocycles. The van der Waals surface area contributed by atoms with Gasteiger partial charge in [0.15, 0.2) is 0 Å². The molecule has 178 valence electrons. The first-order valence-corrected chi connectivity index (χ1v) is 12.9. The van der Waals surface area contributed by atoms with Crippen molar-refractivity contribution in [1.29, 1.82) is 10.0 Å². The minimum atomic E-state index is -3.32. The third kappa shape index (κ3) is 5.21. The van der Waals surface area contributed by atoms with Crippen LogP contribution in [-0.2, 0) is 27.3 Å². The van der Waals surface area contributed by atoms with Crippen LogP contribution in [0.2, 0.25) is 0 Å². The largest absolute Gasteiger partial charge is 0.378 e. The van der Waals surface area contributed by atoms with Crippen molar-refractivity contribution in [3.63, 3.8) is 0 Å². The molecule has 10 heteroatoms. The van der Waals surface area contributed by atoms with E-state index < -0.39 is 21.2 Å². The molecule has 1 aromatic carbocycles. The van der Waals surface area contributed by atoms with E-state index in [0.717, 1.165) is 42.6 Å². The van der Waals surface area contributed by atoms with Crippen LogP contribution in [0.4, 0.5) is 5.69 Å². The molecule has 2 aromatic rings. The fourth-order valence-electron chi connectivity index (χ4n) is 4.23. The van der Waals surface area contributed by atoms with Gasteiger partial charge in [0.1, 0.15) is 11.6 Å². The van der Waals surface area contributed by atoms with E-state index in [1.54, 1.807) is 18.2 Å². The number of benzene rings is 1. The fraction of sp³-hybridized carbons (Fsp3) is 0.375. The van der Waals surface area contributed by atoms with Crippen LogP contribution in [0, 0.1) is 16.1 Å². The summed E-state index contributed by atoms with van der Waals surface area (Å²) in [6, 6.07) is 8.57. The zero-order chi connectivity index (χ0) is 24.1. The average molecular weight is 482 g/mol. The normalized spacial score (nSPS) is 17.6. The van der Waals surface area contributed by atoms with Gasteiger partial charge in [-0.2, -0.15) is 5.26 Å². The van der Waals surface area contributed by atoms with Crippen LogP contribution in [0.5, 0.6) is 0 Å². The summed E-state index contributed by atoms with van der Waals surface area (Å²) in [5, 5.41) is 13.4. The number of anilines is 1. The number of nitriles is 1. The highest BCUT2D eigenvalue weighted by Gasteiger charge is 2.18. The standard InChI is InChI=1S/C24H27N5O4S/c25-16-18-14-19(6-7-22(18)29-9-11-33-12-10-29)34(26,32)13-3-8-27-23(30)20-15-17-4-1-2-5-21(17)28-24(20)31/h3,6-7,13-15,26H,1-2,4-5,8-12H2,(H,27,30)(H,28,31)/b13-3+. The maximum Gasteiger partial charge on any atom is 0.261 e. The zero-order valence-electron chi connectivity index (χ0n) is 18.8. The summed E-state index contributed by atoms with van der Waals surface area (Å²) in [7, 11) is -3.32. The van der Waals surface area contributed by atoms with Crippen molar-refractivity contribution >= 4 is 21.3 Å². The van der Waals surface area contributed by atoms with Crippen LogP contribution in [0.3, 0.4) is 0 Å². The number of nitrogens with one attached hydrogen (secondary N) is 3. The summed E-state index contributed by atoms with van der Waals surface area (Å²) in [5.74, 6) is -0.516. The molecule has 9 nitrogen and oxygen atoms in total. The number of ether oxygens (including phenoxy) is 1. The van der Waals surface area contributed by atoms with Gasteiger partial charge in [-0.15, -0.1) is 0 Å². The van der Waals surface area contributed by atoms with E-state index in [2.05, 4.69) is 16.4 Å². The van der Waals surface area contributed by atoms with Crippen LogP contribution >= 0.6 is 0 Å². The molecule has 2 heterocycles. The molecular formula is C24H27N5O4S. The Labute approximate surface area is 198 Å². The molecule has 0 saturated carbocycles. The van der Waals surface area contributed by atoms with E-state index >= 15 is 0 Å². The lowest BCUT2D eigenvalue weighted by Crippen LogP contribution is -2.36. The zero-order valence-corrected chi connectivity index (χ0v) is 19.6. The molecule has 1 unspecified atom stereocenters. The van der Waals surface area contributed by atoms with Gasteiger partial charge in [0.25, 0.3) is 11.5 Å².